The second-order valence-corrected chi connectivity index (χ2v) is 3.67. The molecule has 4 nitrogen and oxygen atoms in total. The standard InChI is InChI=1S/C11H14O4/c1-11(14,7-10(12)13)8-15-9-5-3-2-4-6-9/h2-6,14H,7-8H2,1H3,(H,12,13). The van der Waals surface area contributed by atoms with Gasteiger partial charge in [-0.2, -0.15) is 0 Å². The van der Waals surface area contributed by atoms with E-state index in [1.54, 1.807) is 24.3 Å². The molecule has 82 valence electrons. The Hall–Kier alpha value is -1.55. The average molecular weight is 210 g/mol. The molecule has 2 N–H and O–H groups in total. The zero-order valence-corrected chi connectivity index (χ0v) is 8.51. The number of benzene rings is 1. The maximum absolute atomic E-state index is 10.4. The topological polar surface area (TPSA) is 66.8 Å². The van der Waals surface area contributed by atoms with E-state index in [9.17, 15) is 9.90 Å². The van der Waals surface area contributed by atoms with Crippen molar-refractivity contribution in [3.05, 3.63) is 30.3 Å². The van der Waals surface area contributed by atoms with E-state index in [0.29, 0.717) is 5.75 Å². The molecule has 0 saturated heterocycles. The number of aliphatic carboxylic acids is 1. The van der Waals surface area contributed by atoms with Crippen LogP contribution < -0.4 is 4.74 Å². The lowest BCUT2D eigenvalue weighted by molar-refractivity contribution is -0.143. The van der Waals surface area contributed by atoms with E-state index in [0.717, 1.165) is 0 Å². The third-order valence-electron chi connectivity index (χ3n) is 1.83. The Bertz CT molecular complexity index is 319. The molecule has 0 aromatic heterocycles. The SMILES string of the molecule is CC(O)(COc1ccccc1)CC(=O)O. The van der Waals surface area contributed by atoms with Crippen molar-refractivity contribution < 1.29 is 19.7 Å². The fourth-order valence-corrected chi connectivity index (χ4v) is 1.13. The van der Waals surface area contributed by atoms with Crippen molar-refractivity contribution in [2.24, 2.45) is 0 Å². The molecule has 0 amide bonds. The van der Waals surface area contributed by atoms with Gasteiger partial charge >= 0.3 is 5.97 Å². The van der Waals surface area contributed by atoms with Gasteiger partial charge in [0.15, 0.2) is 0 Å². The Morgan fingerprint density at radius 3 is 2.53 bits per heavy atom. The lowest BCUT2D eigenvalue weighted by atomic mass is 10.0. The summed E-state index contributed by atoms with van der Waals surface area (Å²) in [6, 6.07) is 8.96. The molecule has 1 unspecified atom stereocenters. The number of hydrogen-bond donors (Lipinski definition) is 2. The zero-order chi connectivity index (χ0) is 11.3. The van der Waals surface area contributed by atoms with Gasteiger partial charge in [0.1, 0.15) is 18.0 Å². The molecule has 0 saturated carbocycles. The number of rotatable bonds is 5. The molecule has 0 aliphatic carbocycles. The van der Waals surface area contributed by atoms with Gasteiger partial charge in [-0.05, 0) is 19.1 Å². The van der Waals surface area contributed by atoms with Crippen LogP contribution in [0.1, 0.15) is 13.3 Å². The highest BCUT2D eigenvalue weighted by atomic mass is 16.5. The summed E-state index contributed by atoms with van der Waals surface area (Å²) in [5, 5.41) is 18.2. The van der Waals surface area contributed by atoms with Crippen molar-refractivity contribution in [2.45, 2.75) is 18.9 Å². The van der Waals surface area contributed by atoms with Crippen LogP contribution in [0, 0.1) is 0 Å². The molecule has 1 aromatic rings. The molecule has 0 aliphatic heterocycles. The van der Waals surface area contributed by atoms with E-state index in [-0.39, 0.29) is 13.0 Å². The Morgan fingerprint density at radius 2 is 2.00 bits per heavy atom. The molecule has 0 fully saturated rings. The van der Waals surface area contributed by atoms with Crippen LogP contribution in [0.5, 0.6) is 5.75 Å². The van der Waals surface area contributed by atoms with Crippen molar-refractivity contribution in [3.8, 4) is 5.75 Å². The number of aliphatic hydroxyl groups is 1. The maximum atomic E-state index is 10.4. The predicted octanol–water partition coefficient (Wildman–Crippen LogP) is 1.29. The molecule has 0 spiro atoms. The lowest BCUT2D eigenvalue weighted by Crippen LogP contribution is -2.34. The van der Waals surface area contributed by atoms with E-state index in [2.05, 4.69) is 0 Å². The van der Waals surface area contributed by atoms with Gasteiger partial charge in [0.25, 0.3) is 0 Å². The molecular formula is C11H14O4. The predicted molar refractivity (Wildman–Crippen MR) is 54.8 cm³/mol. The van der Waals surface area contributed by atoms with Crippen LogP contribution in [-0.4, -0.2) is 28.4 Å². The molecule has 1 aromatic carbocycles. The Morgan fingerprint density at radius 1 is 1.40 bits per heavy atom. The number of carboxylic acids is 1. The minimum Gasteiger partial charge on any atom is -0.491 e. The van der Waals surface area contributed by atoms with Gasteiger partial charge in [-0.3, -0.25) is 4.79 Å². The van der Waals surface area contributed by atoms with Crippen LogP contribution in [0.3, 0.4) is 0 Å². The minimum atomic E-state index is -1.35. The molecule has 15 heavy (non-hydrogen) atoms. The first kappa shape index (κ1) is 11.5. The Kier molecular flexibility index (Phi) is 3.68. The second kappa shape index (κ2) is 4.79. The zero-order valence-electron chi connectivity index (χ0n) is 8.51. The van der Waals surface area contributed by atoms with E-state index in [1.165, 1.54) is 6.92 Å². The van der Waals surface area contributed by atoms with Crippen molar-refractivity contribution in [2.75, 3.05) is 6.61 Å². The summed E-state index contributed by atoms with van der Waals surface area (Å²) in [5.74, 6) is -0.431. The van der Waals surface area contributed by atoms with Crippen LogP contribution in [0.25, 0.3) is 0 Å². The molecule has 1 atom stereocenters. The highest BCUT2D eigenvalue weighted by Crippen LogP contribution is 2.14. The van der Waals surface area contributed by atoms with Gasteiger partial charge in [0.05, 0.1) is 6.42 Å². The van der Waals surface area contributed by atoms with Crippen molar-refractivity contribution in [1.29, 1.82) is 0 Å². The largest absolute Gasteiger partial charge is 0.491 e. The molecule has 4 heteroatoms. The summed E-state index contributed by atoms with van der Waals surface area (Å²) in [7, 11) is 0. The summed E-state index contributed by atoms with van der Waals surface area (Å²) < 4.78 is 5.26. The second-order valence-electron chi connectivity index (χ2n) is 3.67. The number of hydrogen-bond acceptors (Lipinski definition) is 3. The first-order valence-electron chi connectivity index (χ1n) is 4.62. The van der Waals surface area contributed by atoms with Gasteiger partial charge in [-0.15, -0.1) is 0 Å². The van der Waals surface area contributed by atoms with Gasteiger partial charge in [-0.25, -0.2) is 0 Å². The van der Waals surface area contributed by atoms with Crippen molar-refractivity contribution in [3.63, 3.8) is 0 Å². The number of carboxylic acid groups (broad SMARTS) is 1. The molecule has 0 radical (unpaired) electrons. The van der Waals surface area contributed by atoms with Crippen molar-refractivity contribution in [1.82, 2.24) is 0 Å². The quantitative estimate of drug-likeness (QED) is 0.768. The monoisotopic (exact) mass is 210 g/mol. The van der Waals surface area contributed by atoms with Crippen LogP contribution in [0.4, 0.5) is 0 Å². The molecule has 1 rings (SSSR count). The fraction of sp³-hybridized carbons (Fsp3) is 0.364. The number of carbonyl (C=O) groups is 1. The summed E-state index contributed by atoms with van der Waals surface area (Å²) >= 11 is 0. The fourth-order valence-electron chi connectivity index (χ4n) is 1.13. The molecule has 0 aliphatic rings. The normalized spacial score (nSPS) is 14.3. The van der Waals surface area contributed by atoms with Gasteiger partial charge in [0, 0.05) is 0 Å². The van der Waals surface area contributed by atoms with Crippen LogP contribution in [-0.2, 0) is 4.79 Å². The Labute approximate surface area is 88.1 Å². The van der Waals surface area contributed by atoms with Crippen LogP contribution >= 0.6 is 0 Å². The van der Waals surface area contributed by atoms with E-state index in [4.69, 9.17) is 9.84 Å². The minimum absolute atomic E-state index is 0.0384. The maximum Gasteiger partial charge on any atom is 0.306 e. The van der Waals surface area contributed by atoms with Gasteiger partial charge < -0.3 is 14.9 Å². The third-order valence-corrected chi connectivity index (χ3v) is 1.83. The number of para-hydroxylation sites is 1. The molecule has 0 heterocycles. The van der Waals surface area contributed by atoms with Crippen LogP contribution in [0.2, 0.25) is 0 Å². The van der Waals surface area contributed by atoms with Crippen molar-refractivity contribution >= 4 is 5.97 Å². The van der Waals surface area contributed by atoms with E-state index < -0.39 is 11.6 Å². The first-order valence-corrected chi connectivity index (χ1v) is 4.62. The lowest BCUT2D eigenvalue weighted by Gasteiger charge is -2.21. The molecule has 0 bridgehead atoms. The van der Waals surface area contributed by atoms with E-state index in [1.807, 2.05) is 6.07 Å². The Balaban J connectivity index is 2.46. The summed E-state index contributed by atoms with van der Waals surface area (Å²) in [6.07, 6.45) is -0.333. The summed E-state index contributed by atoms with van der Waals surface area (Å²) in [5.41, 5.74) is -1.35. The summed E-state index contributed by atoms with van der Waals surface area (Å²) in [4.78, 5) is 10.4. The van der Waals surface area contributed by atoms with Gasteiger partial charge in [0.2, 0.25) is 0 Å². The molecular weight excluding hydrogens is 196 g/mol. The van der Waals surface area contributed by atoms with E-state index >= 15 is 0 Å². The number of ether oxygens (including phenoxy) is 1. The van der Waals surface area contributed by atoms with Crippen LogP contribution in [0.15, 0.2) is 30.3 Å². The third kappa shape index (κ3) is 4.46. The smallest absolute Gasteiger partial charge is 0.306 e. The average Bonchev–Trinajstić information content (AvgIpc) is 2.15. The first-order chi connectivity index (χ1) is 6.99. The van der Waals surface area contributed by atoms with Gasteiger partial charge in [-0.1, -0.05) is 18.2 Å². The highest BCUT2D eigenvalue weighted by molar-refractivity contribution is 5.68. The highest BCUT2D eigenvalue weighted by Gasteiger charge is 2.25. The summed E-state index contributed by atoms with van der Waals surface area (Å²) in [6.45, 7) is 1.40.